The smallest absolute Gasteiger partial charge is 0.389 e. The number of piperidine rings is 1. The lowest BCUT2D eigenvalue weighted by atomic mass is 10.0. The van der Waals surface area contributed by atoms with Crippen LogP contribution in [0.3, 0.4) is 0 Å². The van der Waals surface area contributed by atoms with Gasteiger partial charge in [-0.25, -0.2) is 0 Å². The standard InChI is InChI=1S/C20H31F3N4O/c1-16-5-2-12-26(15-16)19(25)27(13-4-11-24)17-6-8-18(9-7-17)28-14-3-10-20(21,22)23/h6-9,16,25H,2-5,10-15,24H2,1H3. The molecule has 1 unspecified atom stereocenters. The van der Waals surface area contributed by atoms with Gasteiger partial charge in [0.2, 0.25) is 0 Å². The van der Waals surface area contributed by atoms with Crippen LogP contribution in [0.1, 0.15) is 39.0 Å². The number of alkyl halides is 3. The molecule has 1 aliphatic heterocycles. The number of benzene rings is 1. The molecule has 1 heterocycles. The van der Waals surface area contributed by atoms with Crippen LogP contribution >= 0.6 is 0 Å². The van der Waals surface area contributed by atoms with Gasteiger partial charge in [0.1, 0.15) is 5.75 Å². The van der Waals surface area contributed by atoms with E-state index in [1.54, 1.807) is 12.1 Å². The van der Waals surface area contributed by atoms with Gasteiger partial charge in [-0.1, -0.05) is 6.92 Å². The van der Waals surface area contributed by atoms with Crippen LogP contribution in [0.25, 0.3) is 0 Å². The monoisotopic (exact) mass is 400 g/mol. The SMILES string of the molecule is CC1CCCN(C(=N)N(CCCN)c2ccc(OCCCC(F)(F)F)cc2)C1. The largest absolute Gasteiger partial charge is 0.494 e. The van der Waals surface area contributed by atoms with Gasteiger partial charge in [0, 0.05) is 31.7 Å². The fraction of sp³-hybridized carbons (Fsp3) is 0.650. The maximum atomic E-state index is 12.2. The number of hydrogen-bond donors (Lipinski definition) is 2. The van der Waals surface area contributed by atoms with E-state index < -0.39 is 12.6 Å². The van der Waals surface area contributed by atoms with Crippen molar-refractivity contribution in [3.63, 3.8) is 0 Å². The molecule has 8 heteroatoms. The van der Waals surface area contributed by atoms with Crippen LogP contribution in [0.15, 0.2) is 24.3 Å². The zero-order valence-corrected chi connectivity index (χ0v) is 16.5. The number of halogens is 3. The summed E-state index contributed by atoms with van der Waals surface area (Å²) < 4.78 is 42.0. The second-order valence-electron chi connectivity index (χ2n) is 7.37. The second kappa shape index (κ2) is 10.5. The first-order chi connectivity index (χ1) is 13.3. The Morgan fingerprint density at radius 2 is 2.00 bits per heavy atom. The quantitative estimate of drug-likeness (QED) is 0.389. The highest BCUT2D eigenvalue weighted by Crippen LogP contribution is 2.24. The zero-order valence-electron chi connectivity index (χ0n) is 16.5. The van der Waals surface area contributed by atoms with Crippen LogP contribution in [0.5, 0.6) is 5.75 Å². The van der Waals surface area contributed by atoms with Crippen LogP contribution in [0.4, 0.5) is 18.9 Å². The minimum atomic E-state index is -4.15. The first kappa shape index (κ1) is 22.3. The Kier molecular flexibility index (Phi) is 8.41. The Balaban J connectivity index is 1.98. The number of nitrogens with zero attached hydrogens (tertiary/aromatic N) is 2. The van der Waals surface area contributed by atoms with E-state index >= 15 is 0 Å². The van der Waals surface area contributed by atoms with Crippen LogP contribution in [-0.2, 0) is 0 Å². The Labute approximate surface area is 165 Å². The maximum Gasteiger partial charge on any atom is 0.389 e. The third kappa shape index (κ3) is 7.22. The van der Waals surface area contributed by atoms with Gasteiger partial charge in [-0.15, -0.1) is 0 Å². The number of nitrogens with one attached hydrogen (secondary N) is 1. The number of likely N-dealkylation sites (tertiary alicyclic amines) is 1. The van der Waals surface area contributed by atoms with E-state index in [1.165, 1.54) is 6.42 Å². The fourth-order valence-electron chi connectivity index (χ4n) is 3.34. The molecule has 1 fully saturated rings. The summed E-state index contributed by atoms with van der Waals surface area (Å²) in [5.41, 5.74) is 6.53. The molecule has 0 spiro atoms. The van der Waals surface area contributed by atoms with E-state index in [1.807, 2.05) is 17.0 Å². The maximum absolute atomic E-state index is 12.2. The number of anilines is 1. The molecule has 28 heavy (non-hydrogen) atoms. The van der Waals surface area contributed by atoms with Crippen molar-refractivity contribution in [1.29, 1.82) is 5.41 Å². The number of nitrogens with two attached hydrogens (primary N) is 1. The van der Waals surface area contributed by atoms with Crippen molar-refractivity contribution in [3.05, 3.63) is 24.3 Å². The van der Waals surface area contributed by atoms with E-state index in [0.717, 1.165) is 31.6 Å². The molecule has 1 aromatic carbocycles. The lowest BCUT2D eigenvalue weighted by molar-refractivity contribution is -0.136. The molecule has 0 saturated carbocycles. The lowest BCUT2D eigenvalue weighted by Crippen LogP contribution is -2.48. The van der Waals surface area contributed by atoms with E-state index in [-0.39, 0.29) is 13.0 Å². The predicted octanol–water partition coefficient (Wildman–Crippen LogP) is 4.23. The molecule has 1 saturated heterocycles. The van der Waals surface area contributed by atoms with Crippen LogP contribution in [-0.4, -0.2) is 49.8 Å². The predicted molar refractivity (Wildman–Crippen MR) is 106 cm³/mol. The molecule has 0 radical (unpaired) electrons. The fourth-order valence-corrected chi connectivity index (χ4v) is 3.34. The molecule has 0 aromatic heterocycles. The zero-order chi connectivity index (χ0) is 20.6. The Morgan fingerprint density at radius 1 is 1.29 bits per heavy atom. The van der Waals surface area contributed by atoms with Crippen molar-refractivity contribution in [2.24, 2.45) is 11.7 Å². The molecule has 3 N–H and O–H groups in total. The average Bonchev–Trinajstić information content (AvgIpc) is 2.65. The molecule has 0 amide bonds. The summed E-state index contributed by atoms with van der Waals surface area (Å²) >= 11 is 0. The summed E-state index contributed by atoms with van der Waals surface area (Å²) in [6.07, 6.45) is -2.02. The molecular formula is C20H31F3N4O. The van der Waals surface area contributed by atoms with Gasteiger partial charge < -0.3 is 20.3 Å². The average molecular weight is 400 g/mol. The summed E-state index contributed by atoms with van der Waals surface area (Å²) in [4.78, 5) is 4.05. The molecule has 2 rings (SSSR count). The van der Waals surface area contributed by atoms with Gasteiger partial charge in [0.15, 0.2) is 5.96 Å². The van der Waals surface area contributed by atoms with Crippen molar-refractivity contribution in [2.75, 3.05) is 37.7 Å². The molecule has 1 atom stereocenters. The third-order valence-corrected chi connectivity index (χ3v) is 4.82. The second-order valence-corrected chi connectivity index (χ2v) is 7.37. The molecule has 0 aliphatic carbocycles. The molecule has 158 valence electrons. The minimum Gasteiger partial charge on any atom is -0.494 e. The van der Waals surface area contributed by atoms with Gasteiger partial charge >= 0.3 is 6.18 Å². The number of rotatable bonds is 8. The number of hydrogen-bond acceptors (Lipinski definition) is 3. The van der Waals surface area contributed by atoms with Crippen molar-refractivity contribution in [2.45, 2.75) is 45.2 Å². The van der Waals surface area contributed by atoms with Crippen molar-refractivity contribution >= 4 is 11.6 Å². The number of ether oxygens (including phenoxy) is 1. The van der Waals surface area contributed by atoms with E-state index in [0.29, 0.717) is 30.7 Å². The van der Waals surface area contributed by atoms with Gasteiger partial charge in [0.25, 0.3) is 0 Å². The van der Waals surface area contributed by atoms with Crippen LogP contribution in [0, 0.1) is 11.3 Å². The Hall–Kier alpha value is -1.96. The van der Waals surface area contributed by atoms with Crippen molar-refractivity contribution in [3.8, 4) is 5.75 Å². The van der Waals surface area contributed by atoms with Crippen molar-refractivity contribution in [1.82, 2.24) is 4.90 Å². The molecule has 1 aromatic rings. The summed E-state index contributed by atoms with van der Waals surface area (Å²) in [5.74, 6) is 1.57. The van der Waals surface area contributed by atoms with Crippen LogP contribution < -0.4 is 15.4 Å². The van der Waals surface area contributed by atoms with E-state index in [4.69, 9.17) is 15.9 Å². The summed E-state index contributed by atoms with van der Waals surface area (Å²) in [6, 6.07) is 7.17. The van der Waals surface area contributed by atoms with Crippen LogP contribution in [0.2, 0.25) is 0 Å². The Bertz CT molecular complexity index is 606. The highest BCUT2D eigenvalue weighted by Gasteiger charge is 2.26. The van der Waals surface area contributed by atoms with Gasteiger partial charge in [-0.05, 0) is 62.4 Å². The normalized spacial score (nSPS) is 17.5. The van der Waals surface area contributed by atoms with Gasteiger partial charge in [-0.2, -0.15) is 13.2 Å². The summed E-state index contributed by atoms with van der Waals surface area (Å²) in [5, 5.41) is 8.67. The van der Waals surface area contributed by atoms with Crippen molar-refractivity contribution < 1.29 is 17.9 Å². The first-order valence-corrected chi connectivity index (χ1v) is 9.91. The highest BCUT2D eigenvalue weighted by atomic mass is 19.4. The topological polar surface area (TPSA) is 65.6 Å². The van der Waals surface area contributed by atoms with E-state index in [2.05, 4.69) is 11.8 Å². The minimum absolute atomic E-state index is 0.0250. The molecule has 0 bridgehead atoms. The molecule has 5 nitrogen and oxygen atoms in total. The van der Waals surface area contributed by atoms with Gasteiger partial charge in [-0.3, -0.25) is 5.41 Å². The van der Waals surface area contributed by atoms with Gasteiger partial charge in [0.05, 0.1) is 6.61 Å². The summed E-state index contributed by atoms with van der Waals surface area (Å²) in [6.45, 7) is 5.17. The molecule has 1 aliphatic rings. The number of guanidine groups is 1. The third-order valence-electron chi connectivity index (χ3n) is 4.82. The lowest BCUT2D eigenvalue weighted by Gasteiger charge is -2.38. The Morgan fingerprint density at radius 3 is 2.61 bits per heavy atom. The van der Waals surface area contributed by atoms with E-state index in [9.17, 15) is 13.2 Å². The first-order valence-electron chi connectivity index (χ1n) is 9.91. The summed E-state index contributed by atoms with van der Waals surface area (Å²) in [7, 11) is 0. The highest BCUT2D eigenvalue weighted by molar-refractivity contribution is 5.93. The molecular weight excluding hydrogens is 369 g/mol.